The molecule has 37 heavy (non-hydrogen) atoms. The van der Waals surface area contributed by atoms with Crippen LogP contribution in [0.1, 0.15) is 32.3 Å². The van der Waals surface area contributed by atoms with Crippen LogP contribution in [0.3, 0.4) is 0 Å². The smallest absolute Gasteiger partial charge is 0.258 e. The number of nitrogens with two attached hydrogens (primary N) is 1. The highest BCUT2D eigenvalue weighted by molar-refractivity contribution is 7.12. The van der Waals surface area contributed by atoms with E-state index in [2.05, 4.69) is 0 Å². The lowest BCUT2D eigenvalue weighted by Gasteiger charge is -2.17. The van der Waals surface area contributed by atoms with E-state index in [-0.39, 0.29) is 24.5 Å². The summed E-state index contributed by atoms with van der Waals surface area (Å²) in [4.78, 5) is 44.8. The highest BCUT2D eigenvalue weighted by Crippen LogP contribution is 2.27. The monoisotopic (exact) mass is 511 g/mol. The molecule has 8 nitrogen and oxygen atoms in total. The van der Waals surface area contributed by atoms with Crippen molar-refractivity contribution in [1.29, 1.82) is 0 Å². The maximum atomic E-state index is 13.4. The van der Waals surface area contributed by atoms with Gasteiger partial charge in [-0.1, -0.05) is 18.2 Å². The number of nitrogens with zero attached hydrogens (tertiary/aromatic N) is 4. The molecule has 3 aromatic heterocycles. The minimum Gasteiger partial charge on any atom is -0.370 e. The predicted molar refractivity (Wildman–Crippen MR) is 144 cm³/mol. The summed E-state index contributed by atoms with van der Waals surface area (Å²) in [6.45, 7) is 0.307. The number of rotatable bonds is 9. The van der Waals surface area contributed by atoms with E-state index in [1.165, 1.54) is 11.3 Å². The van der Waals surface area contributed by atoms with E-state index in [4.69, 9.17) is 10.7 Å². The van der Waals surface area contributed by atoms with Gasteiger partial charge in [0.1, 0.15) is 5.82 Å². The number of thiophene rings is 1. The fraction of sp³-hybridized carbons (Fsp3) is 0.143. The zero-order chi connectivity index (χ0) is 25.9. The maximum absolute atomic E-state index is 13.4. The number of aromatic nitrogens is 3. The van der Waals surface area contributed by atoms with Crippen LogP contribution < -0.4 is 10.6 Å². The van der Waals surface area contributed by atoms with E-state index in [9.17, 15) is 14.4 Å². The maximum Gasteiger partial charge on any atom is 0.258 e. The SMILES string of the molecule is CN(C(=O)c1ccccc1)c1ccc2c(c1)nc(CC(=O)c1sccc1-n1cccc1)n2CCC(N)=O. The second kappa shape index (κ2) is 10.2. The largest absolute Gasteiger partial charge is 0.370 e. The van der Waals surface area contributed by atoms with Crippen molar-refractivity contribution >= 4 is 45.7 Å². The summed E-state index contributed by atoms with van der Waals surface area (Å²) in [5, 5.41) is 1.89. The van der Waals surface area contributed by atoms with E-state index in [0.29, 0.717) is 34.0 Å². The first-order valence-electron chi connectivity index (χ1n) is 11.8. The van der Waals surface area contributed by atoms with Crippen molar-refractivity contribution in [2.45, 2.75) is 19.4 Å². The van der Waals surface area contributed by atoms with Gasteiger partial charge in [0.05, 0.1) is 28.0 Å². The summed E-state index contributed by atoms with van der Waals surface area (Å²) in [5.74, 6) is -0.0935. The van der Waals surface area contributed by atoms with Gasteiger partial charge in [-0.25, -0.2) is 4.98 Å². The Morgan fingerprint density at radius 3 is 2.49 bits per heavy atom. The lowest BCUT2D eigenvalue weighted by molar-refractivity contribution is -0.118. The van der Waals surface area contributed by atoms with Gasteiger partial charge in [0, 0.05) is 43.7 Å². The van der Waals surface area contributed by atoms with Gasteiger partial charge in [-0.15, -0.1) is 11.3 Å². The average Bonchev–Trinajstić information content (AvgIpc) is 3.66. The number of hydrogen-bond donors (Lipinski definition) is 1. The van der Waals surface area contributed by atoms with E-state index < -0.39 is 5.91 Å². The molecule has 0 aliphatic rings. The Kier molecular flexibility index (Phi) is 6.70. The molecule has 0 bridgehead atoms. The number of primary amides is 1. The summed E-state index contributed by atoms with van der Waals surface area (Å²) < 4.78 is 3.77. The molecule has 0 atom stereocenters. The fourth-order valence-corrected chi connectivity index (χ4v) is 5.14. The summed E-state index contributed by atoms with van der Waals surface area (Å²) >= 11 is 1.39. The van der Waals surface area contributed by atoms with Gasteiger partial charge in [-0.3, -0.25) is 14.4 Å². The van der Waals surface area contributed by atoms with Gasteiger partial charge in [-0.05, 0) is 53.9 Å². The molecule has 0 unspecified atom stereocenters. The van der Waals surface area contributed by atoms with Crippen molar-refractivity contribution in [3.05, 3.63) is 101 Å². The summed E-state index contributed by atoms with van der Waals surface area (Å²) in [6, 6.07) is 20.3. The molecule has 0 saturated heterocycles. The number of hydrogen-bond acceptors (Lipinski definition) is 5. The molecule has 0 saturated carbocycles. The minimum atomic E-state index is -0.433. The van der Waals surface area contributed by atoms with Crippen LogP contribution in [-0.2, 0) is 17.8 Å². The summed E-state index contributed by atoms with van der Waals surface area (Å²) in [5.41, 5.74) is 8.90. The topological polar surface area (TPSA) is 103 Å². The molecule has 5 aromatic rings. The van der Waals surface area contributed by atoms with E-state index in [0.717, 1.165) is 11.2 Å². The third kappa shape index (κ3) is 4.94. The van der Waals surface area contributed by atoms with Crippen molar-refractivity contribution in [3.8, 4) is 5.69 Å². The zero-order valence-electron chi connectivity index (χ0n) is 20.2. The molecule has 2 aromatic carbocycles. The van der Waals surface area contributed by atoms with Gasteiger partial charge in [0.25, 0.3) is 5.91 Å². The standard InChI is InChI=1S/C28H25N5O3S/c1-31(28(36)19-7-3-2-4-8-19)20-9-10-22-21(17-20)30-26(33(22)15-11-25(29)35)18-24(34)27-23(12-16-37-27)32-13-5-6-14-32/h2-10,12-14,16-17H,11,15,18H2,1H3,(H2,29,35). The van der Waals surface area contributed by atoms with Gasteiger partial charge >= 0.3 is 0 Å². The Labute approximate surface area is 217 Å². The lowest BCUT2D eigenvalue weighted by atomic mass is 10.2. The van der Waals surface area contributed by atoms with Gasteiger partial charge < -0.3 is 19.8 Å². The molecule has 2 N–H and O–H groups in total. The van der Waals surface area contributed by atoms with E-state index in [1.54, 1.807) is 24.1 Å². The first-order chi connectivity index (χ1) is 17.9. The molecular formula is C28H25N5O3S. The number of amides is 2. The van der Waals surface area contributed by atoms with Gasteiger partial charge in [0.2, 0.25) is 5.91 Å². The van der Waals surface area contributed by atoms with E-state index in [1.807, 2.05) is 81.5 Å². The quantitative estimate of drug-likeness (QED) is 0.295. The highest BCUT2D eigenvalue weighted by Gasteiger charge is 2.21. The molecule has 0 fully saturated rings. The molecule has 0 spiro atoms. The second-order valence-corrected chi connectivity index (χ2v) is 9.54. The van der Waals surface area contributed by atoms with Crippen LogP contribution in [0, 0.1) is 0 Å². The average molecular weight is 512 g/mol. The number of fused-ring (bicyclic) bond motifs is 1. The van der Waals surface area contributed by atoms with Crippen molar-refractivity contribution in [2.75, 3.05) is 11.9 Å². The van der Waals surface area contributed by atoms with Crippen molar-refractivity contribution in [3.63, 3.8) is 0 Å². The Hall–Kier alpha value is -4.50. The minimum absolute atomic E-state index is 0.0640. The number of ketones is 1. The number of anilines is 1. The number of imidazole rings is 1. The first-order valence-corrected chi connectivity index (χ1v) is 12.6. The van der Waals surface area contributed by atoms with Crippen LogP contribution in [0.2, 0.25) is 0 Å². The molecule has 5 rings (SSSR count). The summed E-state index contributed by atoms with van der Waals surface area (Å²) in [6.07, 6.45) is 3.98. The zero-order valence-corrected chi connectivity index (χ0v) is 21.0. The van der Waals surface area contributed by atoms with Crippen molar-refractivity contribution < 1.29 is 14.4 Å². The van der Waals surface area contributed by atoms with Gasteiger partial charge in [-0.2, -0.15) is 0 Å². The second-order valence-electron chi connectivity index (χ2n) is 8.62. The highest BCUT2D eigenvalue weighted by atomic mass is 32.1. The lowest BCUT2D eigenvalue weighted by Crippen LogP contribution is -2.26. The van der Waals surface area contributed by atoms with E-state index >= 15 is 0 Å². The van der Waals surface area contributed by atoms with Crippen molar-refractivity contribution in [1.82, 2.24) is 14.1 Å². The normalized spacial score (nSPS) is 11.1. The Morgan fingerprint density at radius 2 is 1.76 bits per heavy atom. The number of aryl methyl sites for hydroxylation is 1. The molecule has 9 heteroatoms. The third-order valence-electron chi connectivity index (χ3n) is 6.20. The van der Waals surface area contributed by atoms with Crippen LogP contribution in [0.5, 0.6) is 0 Å². The predicted octanol–water partition coefficient (Wildman–Crippen LogP) is 4.47. The molecule has 0 aliphatic heterocycles. The summed E-state index contributed by atoms with van der Waals surface area (Å²) in [7, 11) is 1.71. The molecule has 2 amide bonds. The Balaban J connectivity index is 1.48. The fourth-order valence-electron chi connectivity index (χ4n) is 4.31. The van der Waals surface area contributed by atoms with Crippen LogP contribution >= 0.6 is 11.3 Å². The molecule has 0 radical (unpaired) electrons. The Bertz CT molecular complexity index is 1580. The molecule has 186 valence electrons. The number of Topliss-reactive ketones (excluding diaryl/α,β-unsaturated/α-hetero) is 1. The van der Waals surface area contributed by atoms with Crippen molar-refractivity contribution in [2.24, 2.45) is 5.73 Å². The third-order valence-corrected chi connectivity index (χ3v) is 7.15. The molecular weight excluding hydrogens is 486 g/mol. The number of benzene rings is 2. The Morgan fingerprint density at radius 1 is 1.00 bits per heavy atom. The van der Waals surface area contributed by atoms with Crippen LogP contribution in [0.4, 0.5) is 5.69 Å². The van der Waals surface area contributed by atoms with Crippen LogP contribution in [0.15, 0.2) is 84.5 Å². The number of carbonyl (C=O) groups is 3. The molecule has 3 heterocycles. The molecule has 0 aliphatic carbocycles. The van der Waals surface area contributed by atoms with Crippen LogP contribution in [-0.4, -0.2) is 38.8 Å². The number of carbonyl (C=O) groups excluding carboxylic acids is 3. The van der Waals surface area contributed by atoms with Crippen LogP contribution in [0.25, 0.3) is 16.7 Å². The first kappa shape index (κ1) is 24.2. The van der Waals surface area contributed by atoms with Gasteiger partial charge in [0.15, 0.2) is 5.78 Å².